The minimum atomic E-state index is -1.82. The first-order chi connectivity index (χ1) is 28.6. The molecule has 0 aromatic heterocycles. The Labute approximate surface area is 354 Å². The average Bonchev–Trinajstić information content (AvgIpc) is 3.26. The van der Waals surface area contributed by atoms with E-state index in [9.17, 15) is 9.59 Å². The van der Waals surface area contributed by atoms with E-state index < -0.39 is 11.9 Å². The van der Waals surface area contributed by atoms with Gasteiger partial charge in [-0.05, 0) is 102 Å². The Hall–Kier alpha value is -4.16. The number of carbonyl (C=O) groups is 4. The van der Waals surface area contributed by atoms with E-state index in [0.717, 1.165) is 153 Å². The summed E-state index contributed by atoms with van der Waals surface area (Å²) in [4.78, 5) is 53.3. The lowest BCUT2D eigenvalue weighted by Gasteiger charge is -2.34. The topological polar surface area (TPSA) is 140 Å². The minimum Gasteiger partial charge on any atom is -0.496 e. The van der Waals surface area contributed by atoms with Crippen LogP contribution in [-0.4, -0.2) is 120 Å². The molecule has 2 amide bonds. The highest BCUT2D eigenvalue weighted by molar-refractivity contribution is 6.27. The summed E-state index contributed by atoms with van der Waals surface area (Å²) >= 11 is 0. The zero-order chi connectivity index (χ0) is 42.8. The fourth-order valence-corrected chi connectivity index (χ4v) is 8.38. The van der Waals surface area contributed by atoms with Crippen LogP contribution in [0.3, 0.4) is 0 Å². The van der Waals surface area contributed by atoms with Gasteiger partial charge < -0.3 is 29.5 Å². The molecule has 2 saturated heterocycles. The number of carbonyl (C=O) groups excluding carboxylic acids is 2. The molecule has 0 spiro atoms. The molecular formula is C47H74N4O8. The minimum absolute atomic E-state index is 0.356. The summed E-state index contributed by atoms with van der Waals surface area (Å²) in [5, 5.41) is 14.8. The molecule has 12 heteroatoms. The van der Waals surface area contributed by atoms with Gasteiger partial charge in [-0.25, -0.2) is 9.59 Å². The van der Waals surface area contributed by atoms with E-state index in [4.69, 9.17) is 29.3 Å². The maximum Gasteiger partial charge on any atom is 0.414 e. The lowest BCUT2D eigenvalue weighted by atomic mass is 9.86. The van der Waals surface area contributed by atoms with E-state index in [2.05, 4.69) is 57.7 Å². The van der Waals surface area contributed by atoms with Gasteiger partial charge in [-0.2, -0.15) is 0 Å². The Morgan fingerprint density at radius 2 is 0.949 bits per heavy atom. The van der Waals surface area contributed by atoms with E-state index >= 15 is 0 Å². The summed E-state index contributed by atoms with van der Waals surface area (Å²) in [5.41, 5.74) is 2.47. The molecule has 0 bridgehead atoms. The molecule has 12 nitrogen and oxygen atoms in total. The fourth-order valence-electron chi connectivity index (χ4n) is 8.38. The Morgan fingerprint density at radius 3 is 1.29 bits per heavy atom. The van der Waals surface area contributed by atoms with Crippen LogP contribution in [0.25, 0.3) is 0 Å². The molecule has 2 N–H and O–H groups in total. The van der Waals surface area contributed by atoms with Gasteiger partial charge in [0, 0.05) is 63.2 Å². The lowest BCUT2D eigenvalue weighted by molar-refractivity contribution is -0.159. The van der Waals surface area contributed by atoms with Crippen LogP contribution in [0.1, 0.15) is 121 Å². The highest BCUT2D eigenvalue weighted by Gasteiger charge is 2.25. The molecule has 330 valence electrons. The molecule has 0 unspecified atom stereocenters. The van der Waals surface area contributed by atoms with Crippen LogP contribution >= 0.6 is 0 Å². The van der Waals surface area contributed by atoms with Gasteiger partial charge in [0.1, 0.15) is 11.5 Å². The van der Waals surface area contributed by atoms with Crippen molar-refractivity contribution in [3.8, 4) is 11.5 Å². The number of para-hydroxylation sites is 2. The van der Waals surface area contributed by atoms with Crippen molar-refractivity contribution in [3.05, 3.63) is 59.7 Å². The van der Waals surface area contributed by atoms with Crippen LogP contribution in [0, 0.1) is 11.8 Å². The molecule has 2 heterocycles. The van der Waals surface area contributed by atoms with Gasteiger partial charge >= 0.3 is 11.9 Å². The van der Waals surface area contributed by atoms with Gasteiger partial charge in [-0.1, -0.05) is 82.3 Å². The third kappa shape index (κ3) is 18.8. The summed E-state index contributed by atoms with van der Waals surface area (Å²) in [5.74, 6) is 0.498. The van der Waals surface area contributed by atoms with Crippen molar-refractivity contribution in [1.82, 2.24) is 19.6 Å². The van der Waals surface area contributed by atoms with Gasteiger partial charge in [-0.15, -0.1) is 0 Å². The number of nitrogens with zero attached hydrogens (tertiary/aromatic N) is 4. The van der Waals surface area contributed by atoms with Crippen LogP contribution in [-0.2, 0) is 32.3 Å². The predicted molar refractivity (Wildman–Crippen MR) is 233 cm³/mol. The molecule has 4 rings (SSSR count). The quantitative estimate of drug-likeness (QED) is 0.0792. The Kier molecular flexibility index (Phi) is 23.6. The van der Waals surface area contributed by atoms with Crippen LogP contribution in [0.2, 0.25) is 0 Å². The van der Waals surface area contributed by atoms with Crippen LogP contribution in [0.4, 0.5) is 0 Å². The number of benzene rings is 2. The second-order valence-electron chi connectivity index (χ2n) is 16.2. The van der Waals surface area contributed by atoms with Gasteiger partial charge in [0.25, 0.3) is 0 Å². The lowest BCUT2D eigenvalue weighted by Crippen LogP contribution is -2.39. The van der Waals surface area contributed by atoms with Gasteiger partial charge in [0.2, 0.25) is 11.8 Å². The first-order valence-corrected chi connectivity index (χ1v) is 22.3. The smallest absolute Gasteiger partial charge is 0.414 e. The third-order valence-corrected chi connectivity index (χ3v) is 12.1. The van der Waals surface area contributed by atoms with Gasteiger partial charge in [-0.3, -0.25) is 19.4 Å². The number of methoxy groups -OCH3 is 2. The zero-order valence-electron chi connectivity index (χ0n) is 36.6. The summed E-state index contributed by atoms with van der Waals surface area (Å²) in [7, 11) is 3.48. The molecular weight excluding hydrogens is 749 g/mol. The van der Waals surface area contributed by atoms with Crippen LogP contribution in [0.15, 0.2) is 48.5 Å². The molecule has 59 heavy (non-hydrogen) atoms. The molecule has 0 saturated carbocycles. The summed E-state index contributed by atoms with van der Waals surface area (Å²) in [6.07, 6.45) is 16.3. The number of carboxylic acids is 2. The average molecular weight is 823 g/mol. The summed E-state index contributed by atoms with van der Waals surface area (Å²) < 4.78 is 11.1. The van der Waals surface area contributed by atoms with Gasteiger partial charge in [0.05, 0.1) is 14.2 Å². The molecule has 2 aromatic carbocycles. The number of hydrogen-bond donors (Lipinski definition) is 2. The second-order valence-corrected chi connectivity index (χ2v) is 16.2. The standard InChI is InChI=1S/C45H72N4O4.C2H2O4/c1-5-46(36-40-20-11-13-22-42(40)52-3)30-15-7-9-24-44(50)48-32-26-38(27-33-48)18-17-19-39-28-34-49(35-29-39)45(51)25-10-8-16-31-47(6-2)37-41-21-12-14-23-43(41)53-4;3-1(4)2(5)6/h11-14,20-23,38-39H,5-10,15-19,24-37H2,1-4H3;(H,3,4)(H,5,6). The monoisotopic (exact) mass is 823 g/mol. The number of rotatable bonds is 24. The highest BCUT2D eigenvalue weighted by Crippen LogP contribution is 2.28. The van der Waals surface area contributed by atoms with Crippen molar-refractivity contribution in [2.24, 2.45) is 11.8 Å². The zero-order valence-corrected chi connectivity index (χ0v) is 36.6. The molecule has 0 aliphatic carbocycles. The van der Waals surface area contributed by atoms with Crippen molar-refractivity contribution < 1.29 is 38.9 Å². The molecule has 2 aliphatic rings. The number of likely N-dealkylation sites (tertiary alicyclic amines) is 2. The Balaban J connectivity index is 0.00000144. The van der Waals surface area contributed by atoms with E-state index in [-0.39, 0.29) is 0 Å². The number of hydrogen-bond acceptors (Lipinski definition) is 8. The van der Waals surface area contributed by atoms with Crippen molar-refractivity contribution in [1.29, 1.82) is 0 Å². The Morgan fingerprint density at radius 1 is 0.576 bits per heavy atom. The SMILES string of the molecule is CCN(CCCCCC(=O)N1CCC(CCCC2CCN(C(=O)CCCCCN(CC)Cc3ccccc3OC)CC2)CC1)Cc1ccccc1OC.O=C(O)C(=O)O. The van der Waals surface area contributed by atoms with Crippen LogP contribution < -0.4 is 9.47 Å². The molecule has 0 radical (unpaired) electrons. The van der Waals surface area contributed by atoms with E-state index in [1.54, 1.807) is 14.2 Å². The highest BCUT2D eigenvalue weighted by atomic mass is 16.5. The fraction of sp³-hybridized carbons (Fsp3) is 0.660. The van der Waals surface area contributed by atoms with Crippen molar-refractivity contribution in [3.63, 3.8) is 0 Å². The normalized spacial score (nSPS) is 14.9. The van der Waals surface area contributed by atoms with Gasteiger partial charge in [0.15, 0.2) is 0 Å². The largest absolute Gasteiger partial charge is 0.496 e. The Bertz CT molecular complexity index is 1410. The summed E-state index contributed by atoms with van der Waals surface area (Å²) in [6.45, 7) is 14.1. The van der Waals surface area contributed by atoms with E-state index in [1.807, 2.05) is 24.3 Å². The number of amides is 2. The maximum atomic E-state index is 12.9. The predicted octanol–water partition coefficient (Wildman–Crippen LogP) is 7.97. The third-order valence-electron chi connectivity index (χ3n) is 12.1. The molecule has 2 fully saturated rings. The first-order valence-electron chi connectivity index (χ1n) is 22.3. The van der Waals surface area contributed by atoms with E-state index in [0.29, 0.717) is 24.7 Å². The summed E-state index contributed by atoms with van der Waals surface area (Å²) in [6, 6.07) is 16.5. The second kappa shape index (κ2) is 28.3. The number of carboxylic acid groups (broad SMARTS) is 2. The number of unbranched alkanes of at least 4 members (excludes halogenated alkanes) is 4. The molecule has 2 aliphatic heterocycles. The molecule has 0 atom stereocenters. The van der Waals surface area contributed by atoms with Crippen molar-refractivity contribution in [2.45, 2.75) is 123 Å². The number of ether oxygens (including phenoxy) is 2. The van der Waals surface area contributed by atoms with Crippen molar-refractivity contribution >= 4 is 23.8 Å². The van der Waals surface area contributed by atoms with E-state index in [1.165, 1.54) is 30.4 Å². The van der Waals surface area contributed by atoms with Crippen molar-refractivity contribution in [2.75, 3.05) is 66.6 Å². The first kappa shape index (κ1) is 49.2. The maximum absolute atomic E-state index is 12.9. The number of aliphatic carboxylic acids is 2. The molecule has 2 aromatic rings. The number of piperidine rings is 2. The van der Waals surface area contributed by atoms with Crippen LogP contribution in [0.5, 0.6) is 11.5 Å².